The highest BCUT2D eigenvalue weighted by Gasteiger charge is 2.16. The molecule has 1 rings (SSSR count). The maximum atomic E-state index is 9.86. The molecule has 0 aliphatic rings. The molecule has 2 unspecified atom stereocenters. The van der Waals surface area contributed by atoms with E-state index in [-0.39, 0.29) is 0 Å². The van der Waals surface area contributed by atoms with Crippen molar-refractivity contribution >= 4 is 5.97 Å². The van der Waals surface area contributed by atoms with Gasteiger partial charge in [0.25, 0.3) is 0 Å². The number of carboxylic acid groups (broad SMARTS) is 1. The fraction of sp³-hybridized carbons (Fsp3) is 0.692. The van der Waals surface area contributed by atoms with E-state index in [0.29, 0.717) is 0 Å². The normalized spacial score (nSPS) is 13.3. The van der Waals surface area contributed by atoms with E-state index >= 15 is 0 Å². The number of carboxylic acids is 1. The molecule has 0 aromatic carbocycles. The van der Waals surface area contributed by atoms with Crippen molar-refractivity contribution in [2.75, 3.05) is 0 Å². The minimum atomic E-state index is -1.18. The number of aliphatic hydroxyl groups is 1. The van der Waals surface area contributed by atoms with Gasteiger partial charge in [-0.25, -0.2) is 4.98 Å². The van der Waals surface area contributed by atoms with Crippen LogP contribution in [0.1, 0.15) is 38.9 Å². The topological polar surface area (TPSA) is 101 Å². The van der Waals surface area contributed by atoms with Crippen molar-refractivity contribution in [2.24, 2.45) is 12.8 Å². The smallest absolute Gasteiger partial charge is 0.323 e. The number of aliphatic hydroxyl groups excluding tert-OH is 1. The Hall–Kier alpha value is -1.40. The lowest BCUT2D eigenvalue weighted by atomic mass is 10.2. The van der Waals surface area contributed by atoms with Gasteiger partial charge in [-0.3, -0.25) is 4.79 Å². The molecule has 0 aliphatic heterocycles. The van der Waals surface area contributed by atoms with Gasteiger partial charge in [0, 0.05) is 25.9 Å². The zero-order valence-corrected chi connectivity index (χ0v) is 11.9. The van der Waals surface area contributed by atoms with Crippen LogP contribution < -0.4 is 5.73 Å². The van der Waals surface area contributed by atoms with E-state index < -0.39 is 18.1 Å². The molecule has 0 amide bonds. The number of aromatic nitrogens is 2. The van der Waals surface area contributed by atoms with E-state index in [9.17, 15) is 4.79 Å². The van der Waals surface area contributed by atoms with Crippen molar-refractivity contribution in [1.82, 2.24) is 9.55 Å². The Balaban J connectivity index is 0.000000362. The number of rotatable bonds is 6. The molecule has 0 saturated heterocycles. The Morgan fingerprint density at radius 3 is 2.47 bits per heavy atom. The van der Waals surface area contributed by atoms with Crippen LogP contribution >= 0.6 is 0 Å². The fourth-order valence-corrected chi connectivity index (χ4v) is 1.38. The van der Waals surface area contributed by atoms with Gasteiger partial charge in [-0.15, -0.1) is 0 Å². The molecule has 0 fully saturated rings. The number of hydrogen-bond acceptors (Lipinski definition) is 4. The highest BCUT2D eigenvalue weighted by Crippen LogP contribution is 2.02. The number of aryl methyl sites for hydroxylation is 2. The third-order valence-electron chi connectivity index (χ3n) is 2.73. The minimum Gasteiger partial charge on any atom is -0.480 e. The second-order valence-electron chi connectivity index (χ2n) is 4.52. The van der Waals surface area contributed by atoms with Crippen LogP contribution in [0.4, 0.5) is 0 Å². The van der Waals surface area contributed by atoms with E-state index in [1.165, 1.54) is 32.0 Å². The molecular formula is C13H25N3O3. The molecule has 1 aromatic heterocycles. The first-order chi connectivity index (χ1) is 8.90. The first kappa shape index (κ1) is 17.6. The molecule has 110 valence electrons. The van der Waals surface area contributed by atoms with Gasteiger partial charge in [-0.2, -0.15) is 0 Å². The third-order valence-corrected chi connectivity index (χ3v) is 2.73. The van der Waals surface area contributed by atoms with Crippen molar-refractivity contribution < 1.29 is 15.0 Å². The van der Waals surface area contributed by atoms with Gasteiger partial charge in [-0.05, 0) is 13.3 Å². The summed E-state index contributed by atoms with van der Waals surface area (Å²) in [6.07, 6.45) is 7.87. The third kappa shape index (κ3) is 7.58. The SMILES string of the molecule is CC(O)C(N)C(=O)O.CCCCCc1nccn1C. The molecule has 1 heterocycles. The summed E-state index contributed by atoms with van der Waals surface area (Å²) in [5, 5.41) is 16.6. The number of carbonyl (C=O) groups is 1. The molecule has 19 heavy (non-hydrogen) atoms. The molecule has 2 atom stereocenters. The van der Waals surface area contributed by atoms with Crippen LogP contribution in [0.15, 0.2) is 12.4 Å². The molecule has 0 spiro atoms. The zero-order chi connectivity index (χ0) is 14.8. The summed E-state index contributed by atoms with van der Waals surface area (Å²) >= 11 is 0. The first-order valence-electron chi connectivity index (χ1n) is 6.52. The number of hydrogen-bond donors (Lipinski definition) is 3. The molecule has 0 bridgehead atoms. The lowest BCUT2D eigenvalue weighted by Crippen LogP contribution is -2.39. The molecule has 1 aromatic rings. The molecule has 6 heteroatoms. The quantitative estimate of drug-likeness (QED) is 0.668. The molecule has 0 aliphatic carbocycles. The summed E-state index contributed by atoms with van der Waals surface area (Å²) in [7, 11) is 2.05. The van der Waals surface area contributed by atoms with Gasteiger partial charge in [0.2, 0.25) is 0 Å². The fourth-order valence-electron chi connectivity index (χ4n) is 1.38. The Bertz CT molecular complexity index is 364. The van der Waals surface area contributed by atoms with Gasteiger partial charge < -0.3 is 20.5 Å². The van der Waals surface area contributed by atoms with E-state index in [2.05, 4.69) is 16.5 Å². The van der Waals surface area contributed by atoms with Crippen LogP contribution in [0.2, 0.25) is 0 Å². The highest BCUT2D eigenvalue weighted by atomic mass is 16.4. The van der Waals surface area contributed by atoms with Crippen molar-refractivity contribution in [3.8, 4) is 0 Å². The van der Waals surface area contributed by atoms with Crippen molar-refractivity contribution in [3.05, 3.63) is 18.2 Å². The summed E-state index contributed by atoms with van der Waals surface area (Å²) in [5.74, 6) is 0.0263. The van der Waals surface area contributed by atoms with E-state index in [4.69, 9.17) is 15.9 Å². The van der Waals surface area contributed by atoms with Crippen LogP contribution in [-0.2, 0) is 18.3 Å². The number of nitrogens with two attached hydrogens (primary N) is 1. The summed E-state index contributed by atoms with van der Waals surface area (Å²) in [6.45, 7) is 3.55. The zero-order valence-electron chi connectivity index (χ0n) is 11.9. The van der Waals surface area contributed by atoms with Crippen LogP contribution in [-0.4, -0.2) is 37.9 Å². The largest absolute Gasteiger partial charge is 0.480 e. The van der Waals surface area contributed by atoms with Gasteiger partial charge in [0.1, 0.15) is 11.9 Å². The average Bonchev–Trinajstić information content (AvgIpc) is 2.75. The van der Waals surface area contributed by atoms with Crippen molar-refractivity contribution in [2.45, 2.75) is 51.7 Å². The minimum absolute atomic E-state index is 0.979. The predicted octanol–water partition coefficient (Wildman–Crippen LogP) is 0.932. The number of nitrogens with zero attached hydrogens (tertiary/aromatic N) is 2. The van der Waals surface area contributed by atoms with E-state index in [1.807, 2.05) is 19.4 Å². The van der Waals surface area contributed by atoms with Crippen LogP contribution in [0.5, 0.6) is 0 Å². The summed E-state index contributed by atoms with van der Waals surface area (Å²) in [4.78, 5) is 14.1. The summed E-state index contributed by atoms with van der Waals surface area (Å²) in [5.41, 5.74) is 4.91. The van der Waals surface area contributed by atoms with E-state index in [0.717, 1.165) is 6.42 Å². The maximum absolute atomic E-state index is 9.86. The predicted molar refractivity (Wildman–Crippen MR) is 73.7 cm³/mol. The van der Waals surface area contributed by atoms with Crippen LogP contribution in [0, 0.1) is 0 Å². The second kappa shape index (κ2) is 9.52. The second-order valence-corrected chi connectivity index (χ2v) is 4.52. The van der Waals surface area contributed by atoms with E-state index in [1.54, 1.807) is 0 Å². The lowest BCUT2D eigenvalue weighted by molar-refractivity contribution is -0.140. The number of imidazole rings is 1. The highest BCUT2D eigenvalue weighted by molar-refractivity contribution is 5.73. The molecule has 0 radical (unpaired) electrons. The number of aliphatic carboxylic acids is 1. The molecule has 4 N–H and O–H groups in total. The van der Waals surface area contributed by atoms with Crippen LogP contribution in [0.25, 0.3) is 0 Å². The average molecular weight is 271 g/mol. The lowest BCUT2D eigenvalue weighted by Gasteiger charge is -2.06. The molecule has 6 nitrogen and oxygen atoms in total. The van der Waals surface area contributed by atoms with Crippen LogP contribution in [0.3, 0.4) is 0 Å². The maximum Gasteiger partial charge on any atom is 0.323 e. The van der Waals surface area contributed by atoms with Gasteiger partial charge in [-0.1, -0.05) is 19.8 Å². The van der Waals surface area contributed by atoms with Crippen molar-refractivity contribution in [1.29, 1.82) is 0 Å². The summed E-state index contributed by atoms with van der Waals surface area (Å²) < 4.78 is 2.09. The first-order valence-corrected chi connectivity index (χ1v) is 6.52. The molecule has 0 saturated carbocycles. The summed E-state index contributed by atoms with van der Waals surface area (Å²) in [6, 6.07) is -1.16. The Kier molecular flexibility index (Phi) is 8.82. The standard InChI is InChI=1S/C9H16N2.C4H9NO3/c1-3-4-5-6-9-10-7-8-11(9)2;1-2(6)3(5)4(7)8/h7-8H,3-6H2,1-2H3;2-3,6H,5H2,1H3,(H,7,8). The Morgan fingerprint density at radius 2 is 2.16 bits per heavy atom. The van der Waals surface area contributed by atoms with Gasteiger partial charge in [0.15, 0.2) is 0 Å². The monoisotopic (exact) mass is 271 g/mol. The van der Waals surface area contributed by atoms with Gasteiger partial charge >= 0.3 is 5.97 Å². The Morgan fingerprint density at radius 1 is 1.53 bits per heavy atom. The Labute approximate surface area is 114 Å². The number of unbranched alkanes of at least 4 members (excludes halogenated alkanes) is 2. The van der Waals surface area contributed by atoms with Crippen molar-refractivity contribution in [3.63, 3.8) is 0 Å². The molecular weight excluding hydrogens is 246 g/mol. The van der Waals surface area contributed by atoms with Gasteiger partial charge in [0.05, 0.1) is 6.10 Å².